The number of ether oxygens (including phenoxy) is 1. The third-order valence-electron chi connectivity index (χ3n) is 5.02. The average molecular weight is 550 g/mol. The van der Waals surface area contributed by atoms with Crippen molar-refractivity contribution >= 4 is 63.3 Å². The molecule has 1 aliphatic rings. The lowest BCUT2D eigenvalue weighted by Crippen LogP contribution is -2.44. The Morgan fingerprint density at radius 1 is 1.08 bits per heavy atom. The van der Waals surface area contributed by atoms with Crippen LogP contribution in [0.25, 0.3) is 0 Å². The van der Waals surface area contributed by atoms with Crippen LogP contribution in [0.4, 0.5) is 20.2 Å². The molecule has 0 aliphatic carbocycles. The predicted octanol–water partition coefficient (Wildman–Crippen LogP) is 6.67. The fraction of sp³-hybridized carbons (Fsp3) is 0.160. The first-order valence-electron chi connectivity index (χ1n) is 10.7. The Bertz CT molecular complexity index is 1250. The highest BCUT2D eigenvalue weighted by Gasteiger charge is 2.36. The Morgan fingerprint density at radius 3 is 2.39 bits per heavy atom. The highest BCUT2D eigenvalue weighted by Crippen LogP contribution is 2.32. The molecule has 186 valence electrons. The fourth-order valence-electron chi connectivity index (χ4n) is 3.35. The summed E-state index contributed by atoms with van der Waals surface area (Å²) in [5, 5.41) is 2.88. The maximum atomic E-state index is 13.1. The maximum Gasteiger partial charge on any atom is 0.487 e. The van der Waals surface area contributed by atoms with Crippen molar-refractivity contribution in [1.29, 1.82) is 0 Å². The number of hydrogen-bond acceptors (Lipinski definition) is 5. The van der Waals surface area contributed by atoms with Gasteiger partial charge in [0, 0.05) is 28.7 Å². The first-order valence-corrected chi connectivity index (χ1v) is 12.3. The molecule has 1 aliphatic heterocycles. The number of benzene rings is 3. The lowest BCUT2D eigenvalue weighted by atomic mass is 10.2. The monoisotopic (exact) mass is 549 g/mol. The van der Waals surface area contributed by atoms with Gasteiger partial charge in [-0.1, -0.05) is 53.7 Å². The molecule has 3 aromatic rings. The number of amidine groups is 1. The first kappa shape index (κ1) is 25.9. The third-order valence-corrected chi connectivity index (χ3v) is 6.54. The highest BCUT2D eigenvalue weighted by molar-refractivity contribution is 8.15. The Kier molecular flexibility index (Phi) is 8.13. The van der Waals surface area contributed by atoms with E-state index >= 15 is 0 Å². The van der Waals surface area contributed by atoms with E-state index in [1.807, 2.05) is 30.3 Å². The van der Waals surface area contributed by atoms with Gasteiger partial charge >= 0.3 is 5.57 Å². The van der Waals surface area contributed by atoms with Gasteiger partial charge in [0.05, 0.1) is 12.2 Å². The van der Waals surface area contributed by atoms with Crippen LogP contribution in [0.5, 0.6) is 5.75 Å². The van der Waals surface area contributed by atoms with Crippen LogP contribution < -0.4 is 10.1 Å². The minimum Gasteiger partial charge on any atom is -0.420 e. The van der Waals surface area contributed by atoms with Crippen LogP contribution >= 0.6 is 35.0 Å². The molecular weight excluding hydrogens is 531 g/mol. The largest absolute Gasteiger partial charge is 0.487 e. The minimum atomic E-state index is -3.84. The number of rotatable bonds is 7. The zero-order valence-electron chi connectivity index (χ0n) is 18.5. The molecular formula is C25H19Cl2F2N3O3S. The number of anilines is 1. The number of amides is 2. The number of aliphatic imine (C=N–C) groups is 1. The number of carbonyl (C=O) groups is 2. The Morgan fingerprint density at radius 2 is 1.75 bits per heavy atom. The number of nitrogens with zero attached hydrogens (tertiary/aromatic N) is 2. The predicted molar refractivity (Wildman–Crippen MR) is 138 cm³/mol. The minimum absolute atomic E-state index is 0.0391. The zero-order chi connectivity index (χ0) is 25.7. The van der Waals surface area contributed by atoms with Gasteiger partial charge in [0.1, 0.15) is 11.0 Å². The molecule has 36 heavy (non-hydrogen) atoms. The molecule has 0 saturated carbocycles. The maximum absolute atomic E-state index is 13.1. The molecule has 0 bridgehead atoms. The Balaban J connectivity index is 1.52. The van der Waals surface area contributed by atoms with E-state index in [0.717, 1.165) is 5.56 Å². The summed E-state index contributed by atoms with van der Waals surface area (Å²) in [4.78, 5) is 32.3. The molecule has 1 N–H and O–H groups in total. The van der Waals surface area contributed by atoms with Crippen molar-refractivity contribution in [3.8, 4) is 5.75 Å². The lowest BCUT2D eigenvalue weighted by molar-refractivity contribution is -0.129. The molecule has 0 unspecified atom stereocenters. The summed E-state index contributed by atoms with van der Waals surface area (Å²) in [6, 6.07) is 21.6. The molecule has 1 fully saturated rings. The summed E-state index contributed by atoms with van der Waals surface area (Å²) in [5.74, 6) is -0.837. The molecule has 6 nitrogen and oxygen atoms in total. The second-order valence-electron chi connectivity index (χ2n) is 7.71. The van der Waals surface area contributed by atoms with E-state index < -0.39 is 16.7 Å². The summed E-state index contributed by atoms with van der Waals surface area (Å²) >= 11 is 11.9. The van der Waals surface area contributed by atoms with Crippen molar-refractivity contribution in [1.82, 2.24) is 4.90 Å². The number of hydrogen-bond donors (Lipinski definition) is 1. The van der Waals surface area contributed by atoms with E-state index in [2.05, 4.69) is 15.0 Å². The van der Waals surface area contributed by atoms with Gasteiger partial charge in [0.25, 0.3) is 0 Å². The number of alkyl halides is 3. The summed E-state index contributed by atoms with van der Waals surface area (Å²) < 4.78 is 29.9. The van der Waals surface area contributed by atoms with Gasteiger partial charge in [-0.25, -0.2) is 4.99 Å². The van der Waals surface area contributed by atoms with Crippen LogP contribution in [0.2, 0.25) is 5.02 Å². The Labute approximate surface area is 220 Å². The smallest absolute Gasteiger partial charge is 0.420 e. The van der Waals surface area contributed by atoms with E-state index in [-0.39, 0.29) is 18.1 Å². The molecule has 0 spiro atoms. The van der Waals surface area contributed by atoms with E-state index in [1.54, 1.807) is 29.2 Å². The summed E-state index contributed by atoms with van der Waals surface area (Å²) in [5.41, 5.74) is -1.99. The summed E-state index contributed by atoms with van der Waals surface area (Å²) in [6.45, 7) is 0.306. The van der Waals surface area contributed by atoms with Gasteiger partial charge in [-0.2, -0.15) is 0 Å². The van der Waals surface area contributed by atoms with E-state index in [4.69, 9.17) is 23.2 Å². The lowest BCUT2D eigenvalue weighted by Gasteiger charge is -2.32. The van der Waals surface area contributed by atoms with Crippen molar-refractivity contribution in [3.05, 3.63) is 89.4 Å². The second-order valence-corrected chi connectivity index (χ2v) is 9.75. The van der Waals surface area contributed by atoms with Crippen LogP contribution in [0.15, 0.2) is 83.9 Å². The zero-order valence-corrected chi connectivity index (χ0v) is 20.9. The summed E-state index contributed by atoms with van der Waals surface area (Å²) in [7, 11) is 0. The molecule has 4 rings (SSSR count). The molecule has 2 amide bonds. The molecule has 1 heterocycles. The van der Waals surface area contributed by atoms with Gasteiger partial charge < -0.3 is 10.1 Å². The SMILES string of the molecule is O=C(Nc1ccc(OC(F)(F)Cl)cc1)[C@H]1CC(=O)N(Cc2ccccc2)C(=Nc2ccc(Cl)cc2)S1. The second kappa shape index (κ2) is 11.3. The molecule has 1 atom stereocenters. The first-order chi connectivity index (χ1) is 17.2. The van der Waals surface area contributed by atoms with Crippen molar-refractivity contribution in [2.24, 2.45) is 4.99 Å². The van der Waals surface area contributed by atoms with Crippen molar-refractivity contribution < 1.29 is 23.1 Å². The van der Waals surface area contributed by atoms with Gasteiger partial charge in [-0.05, 0) is 54.1 Å². The number of halogens is 4. The van der Waals surface area contributed by atoms with Crippen LogP contribution in [-0.2, 0) is 16.1 Å². The van der Waals surface area contributed by atoms with Crippen LogP contribution in [0.3, 0.4) is 0 Å². The standard InChI is InChI=1S/C25H19Cl2F2N3O3S/c26-17-6-8-19(9-7-17)31-24-32(15-16-4-2-1-3-5-16)22(33)14-21(36-24)23(34)30-18-10-12-20(13-11-18)35-25(27,28)29/h1-13,21H,14-15H2,(H,30,34)/t21-/m1/s1. The third kappa shape index (κ3) is 7.19. The van der Waals surface area contributed by atoms with Crippen LogP contribution in [0, 0.1) is 0 Å². The fourth-order valence-corrected chi connectivity index (χ4v) is 4.66. The molecule has 11 heteroatoms. The Hall–Kier alpha value is -3.14. The quantitative estimate of drug-likeness (QED) is 0.334. The topological polar surface area (TPSA) is 71.0 Å². The average Bonchev–Trinajstić information content (AvgIpc) is 2.83. The molecule has 3 aromatic carbocycles. The molecule has 0 radical (unpaired) electrons. The van der Waals surface area contributed by atoms with Crippen LogP contribution in [0.1, 0.15) is 12.0 Å². The van der Waals surface area contributed by atoms with E-state index in [0.29, 0.717) is 28.1 Å². The number of thioether (sulfide) groups is 1. The van der Waals surface area contributed by atoms with E-state index in [9.17, 15) is 18.4 Å². The number of nitrogens with one attached hydrogen (secondary N) is 1. The van der Waals surface area contributed by atoms with Crippen molar-refractivity contribution in [3.63, 3.8) is 0 Å². The van der Waals surface area contributed by atoms with Crippen molar-refractivity contribution in [2.75, 3.05) is 5.32 Å². The normalized spacial score (nSPS) is 17.2. The van der Waals surface area contributed by atoms with Crippen LogP contribution in [-0.4, -0.2) is 32.7 Å². The van der Waals surface area contributed by atoms with Gasteiger partial charge in [-0.15, -0.1) is 8.78 Å². The molecule has 0 aromatic heterocycles. The van der Waals surface area contributed by atoms with Gasteiger partial charge in [-0.3, -0.25) is 14.5 Å². The van der Waals surface area contributed by atoms with Gasteiger partial charge in [0.2, 0.25) is 11.8 Å². The van der Waals surface area contributed by atoms with Gasteiger partial charge in [0.15, 0.2) is 5.17 Å². The van der Waals surface area contributed by atoms with Crippen molar-refractivity contribution in [2.45, 2.75) is 23.8 Å². The molecule has 1 saturated heterocycles. The number of carbonyl (C=O) groups excluding carboxylic acids is 2. The van der Waals surface area contributed by atoms with E-state index in [1.165, 1.54) is 36.0 Å². The highest BCUT2D eigenvalue weighted by atomic mass is 35.5. The summed E-state index contributed by atoms with van der Waals surface area (Å²) in [6.07, 6.45) is -0.0391.